The van der Waals surface area contributed by atoms with Crippen LogP contribution in [0.2, 0.25) is 0 Å². The number of halogens is 6. The molecule has 0 aliphatic heterocycles. The molecule has 154 valence electrons. The molecular weight excluding hydrogens is 410 g/mol. The van der Waals surface area contributed by atoms with Gasteiger partial charge in [-0.3, -0.25) is 4.79 Å². The van der Waals surface area contributed by atoms with E-state index in [1.54, 1.807) is 13.0 Å². The zero-order valence-electron chi connectivity index (χ0n) is 15.3. The predicted molar refractivity (Wildman–Crippen MR) is 97.6 cm³/mol. The molecule has 0 fully saturated rings. The van der Waals surface area contributed by atoms with Gasteiger partial charge in [-0.1, -0.05) is 23.8 Å². The molecule has 3 rings (SSSR count). The second-order valence-corrected chi connectivity index (χ2v) is 6.52. The van der Waals surface area contributed by atoms with E-state index in [-0.39, 0.29) is 11.3 Å². The number of aromatic nitrogens is 1. The minimum Gasteiger partial charge on any atom is -0.313 e. The Kier molecular flexibility index (Phi) is 5.44. The van der Waals surface area contributed by atoms with Crippen LogP contribution in [0.3, 0.4) is 0 Å². The fraction of sp³-hybridized carbons (Fsp3) is 0.143. The summed E-state index contributed by atoms with van der Waals surface area (Å²) in [6.45, 7) is 7.92. The molecule has 0 radical (unpaired) electrons. The second kappa shape index (κ2) is 7.71. The molecule has 3 nitrogen and oxygen atoms in total. The van der Waals surface area contributed by atoms with Crippen LogP contribution < -0.4 is 5.56 Å². The molecule has 0 atom stereocenters. The third-order valence-electron chi connectivity index (χ3n) is 4.40. The molecule has 0 unspecified atom stereocenters. The maximum absolute atomic E-state index is 14.2. The predicted octanol–water partition coefficient (Wildman–Crippen LogP) is 5.86. The van der Waals surface area contributed by atoms with E-state index >= 15 is 0 Å². The van der Waals surface area contributed by atoms with E-state index in [4.69, 9.17) is 6.57 Å². The highest BCUT2D eigenvalue weighted by molar-refractivity contribution is 5.66. The molecule has 0 spiro atoms. The zero-order valence-corrected chi connectivity index (χ0v) is 15.3. The minimum absolute atomic E-state index is 0.186. The number of pyridine rings is 1. The summed E-state index contributed by atoms with van der Waals surface area (Å²) < 4.78 is 82.4. The van der Waals surface area contributed by atoms with Crippen molar-refractivity contribution in [3.8, 4) is 11.3 Å². The van der Waals surface area contributed by atoms with Crippen molar-refractivity contribution in [1.82, 2.24) is 4.57 Å². The van der Waals surface area contributed by atoms with Crippen molar-refractivity contribution in [1.29, 1.82) is 0 Å². The van der Waals surface area contributed by atoms with Gasteiger partial charge >= 0.3 is 6.18 Å². The fourth-order valence-electron chi connectivity index (χ4n) is 3.05. The van der Waals surface area contributed by atoms with Crippen molar-refractivity contribution >= 4 is 5.69 Å². The first-order valence-corrected chi connectivity index (χ1v) is 8.46. The maximum Gasteiger partial charge on any atom is 0.407 e. The topological polar surface area (TPSA) is 26.4 Å². The number of hydrogen-bond acceptors (Lipinski definition) is 1. The summed E-state index contributed by atoms with van der Waals surface area (Å²) >= 11 is 0. The highest BCUT2D eigenvalue weighted by Gasteiger charge is 2.36. The van der Waals surface area contributed by atoms with Gasteiger partial charge in [0, 0.05) is 17.3 Å². The van der Waals surface area contributed by atoms with E-state index in [0.29, 0.717) is 28.3 Å². The Morgan fingerprint density at radius 1 is 1.07 bits per heavy atom. The van der Waals surface area contributed by atoms with Crippen molar-refractivity contribution in [3.63, 3.8) is 0 Å². The van der Waals surface area contributed by atoms with Gasteiger partial charge in [0.15, 0.2) is 11.6 Å². The van der Waals surface area contributed by atoms with E-state index in [0.717, 1.165) is 0 Å². The summed E-state index contributed by atoms with van der Waals surface area (Å²) in [5.41, 5.74) is -4.01. The third kappa shape index (κ3) is 3.94. The molecule has 0 aliphatic carbocycles. The fourth-order valence-corrected chi connectivity index (χ4v) is 3.05. The van der Waals surface area contributed by atoms with Crippen LogP contribution in [0.1, 0.15) is 16.7 Å². The average Bonchev–Trinajstić information content (AvgIpc) is 2.65. The van der Waals surface area contributed by atoms with Crippen LogP contribution >= 0.6 is 0 Å². The normalized spacial score (nSPS) is 11.4. The first kappa shape index (κ1) is 21.2. The molecule has 1 heterocycles. The average molecular weight is 422 g/mol. The lowest BCUT2D eigenvalue weighted by atomic mass is 10.0. The highest BCUT2D eigenvalue weighted by Crippen LogP contribution is 2.37. The number of alkyl halides is 3. The van der Waals surface area contributed by atoms with Gasteiger partial charge in [0.25, 0.3) is 11.2 Å². The summed E-state index contributed by atoms with van der Waals surface area (Å²) in [7, 11) is 0. The van der Waals surface area contributed by atoms with Crippen LogP contribution in [0.15, 0.2) is 47.3 Å². The van der Waals surface area contributed by atoms with Crippen molar-refractivity contribution < 1.29 is 26.3 Å². The Hall–Kier alpha value is -3.54. The third-order valence-corrected chi connectivity index (χ3v) is 4.40. The van der Waals surface area contributed by atoms with Crippen LogP contribution in [0.25, 0.3) is 16.1 Å². The van der Waals surface area contributed by atoms with Gasteiger partial charge in [0.05, 0.1) is 18.7 Å². The van der Waals surface area contributed by atoms with Crippen molar-refractivity contribution in [3.05, 3.63) is 98.4 Å². The van der Waals surface area contributed by atoms with Gasteiger partial charge in [-0.05, 0) is 30.7 Å². The van der Waals surface area contributed by atoms with Crippen LogP contribution in [0, 0.1) is 30.9 Å². The van der Waals surface area contributed by atoms with Crippen LogP contribution in [-0.2, 0) is 12.7 Å². The van der Waals surface area contributed by atoms with Gasteiger partial charge in [0.1, 0.15) is 5.82 Å². The van der Waals surface area contributed by atoms with Gasteiger partial charge in [-0.15, -0.1) is 0 Å². The molecule has 1 aromatic heterocycles. The number of benzene rings is 2. The Morgan fingerprint density at radius 2 is 1.77 bits per heavy atom. The number of rotatable bonds is 3. The largest absolute Gasteiger partial charge is 0.407 e. The number of hydrogen-bond donors (Lipinski definition) is 0. The number of nitrogens with zero attached hydrogens (tertiary/aromatic N) is 2. The van der Waals surface area contributed by atoms with E-state index < -0.39 is 52.5 Å². The summed E-state index contributed by atoms with van der Waals surface area (Å²) in [5.74, 6) is -4.07. The molecular formula is C21H12F6N2O. The number of aryl methyl sites for hydroxylation is 1. The minimum atomic E-state index is -4.99. The standard InChI is InChI=1S/C21H12F6N2O/c1-11-4-3-5-12(6-11)17-9-15(21(25,26)27)19(28-2)20(30)29(17)10-13-7-14(22)8-16(23)18(13)24/h3-9H,10H2,1H3. The van der Waals surface area contributed by atoms with E-state index in [2.05, 4.69) is 4.85 Å². The van der Waals surface area contributed by atoms with Crippen LogP contribution in [0.5, 0.6) is 0 Å². The lowest BCUT2D eigenvalue weighted by Crippen LogP contribution is -2.26. The van der Waals surface area contributed by atoms with Gasteiger partial charge < -0.3 is 4.57 Å². The lowest BCUT2D eigenvalue weighted by molar-refractivity contribution is -0.136. The van der Waals surface area contributed by atoms with E-state index in [9.17, 15) is 31.1 Å². The SMILES string of the molecule is [C-]#[N+]c1c(C(F)(F)F)cc(-c2cccc(C)c2)n(Cc2cc(F)cc(F)c2F)c1=O. The molecule has 3 aromatic rings. The molecule has 2 aromatic carbocycles. The first-order valence-electron chi connectivity index (χ1n) is 8.46. The summed E-state index contributed by atoms with van der Waals surface area (Å²) in [6.07, 6.45) is -4.99. The Labute approximate surface area is 166 Å². The Balaban J connectivity index is 2.36. The van der Waals surface area contributed by atoms with Crippen molar-refractivity contribution in [2.75, 3.05) is 0 Å². The van der Waals surface area contributed by atoms with Crippen molar-refractivity contribution in [2.24, 2.45) is 0 Å². The van der Waals surface area contributed by atoms with Crippen LogP contribution in [-0.4, -0.2) is 4.57 Å². The van der Waals surface area contributed by atoms with Crippen molar-refractivity contribution in [2.45, 2.75) is 19.6 Å². The molecule has 0 bridgehead atoms. The maximum atomic E-state index is 14.2. The molecule has 0 N–H and O–H groups in total. The van der Waals surface area contributed by atoms with E-state index in [1.807, 2.05) is 0 Å². The molecule has 9 heteroatoms. The Morgan fingerprint density at radius 3 is 2.37 bits per heavy atom. The highest BCUT2D eigenvalue weighted by atomic mass is 19.4. The zero-order chi connectivity index (χ0) is 22.2. The summed E-state index contributed by atoms with van der Waals surface area (Å²) in [5, 5.41) is 0. The smallest absolute Gasteiger partial charge is 0.313 e. The summed E-state index contributed by atoms with van der Waals surface area (Å²) in [6, 6.07) is 7.69. The van der Waals surface area contributed by atoms with Gasteiger partial charge in [-0.25, -0.2) is 18.0 Å². The quantitative estimate of drug-likeness (QED) is 0.295. The second-order valence-electron chi connectivity index (χ2n) is 6.52. The Bertz CT molecular complexity index is 1240. The summed E-state index contributed by atoms with van der Waals surface area (Å²) in [4.78, 5) is 15.5. The molecule has 30 heavy (non-hydrogen) atoms. The lowest BCUT2D eigenvalue weighted by Gasteiger charge is -2.18. The molecule has 0 saturated heterocycles. The van der Waals surface area contributed by atoms with E-state index in [1.165, 1.54) is 18.2 Å². The van der Waals surface area contributed by atoms with Gasteiger partial charge in [0.2, 0.25) is 0 Å². The molecule has 0 amide bonds. The van der Waals surface area contributed by atoms with Gasteiger partial charge in [-0.2, -0.15) is 13.2 Å². The molecule has 0 saturated carbocycles. The first-order chi connectivity index (χ1) is 14.0. The monoisotopic (exact) mass is 422 g/mol. The van der Waals surface area contributed by atoms with Crippen LogP contribution in [0.4, 0.5) is 32.0 Å². The molecule has 0 aliphatic rings.